The predicted molar refractivity (Wildman–Crippen MR) is 82.9 cm³/mol. The van der Waals surface area contributed by atoms with E-state index in [-0.39, 0.29) is 23.5 Å². The molecule has 1 aromatic heterocycles. The Hall–Kier alpha value is -2.48. The van der Waals surface area contributed by atoms with Crippen LogP contribution in [0.2, 0.25) is 0 Å². The second kappa shape index (κ2) is 6.74. The number of nitrogens with two attached hydrogens (primary N) is 1. The summed E-state index contributed by atoms with van der Waals surface area (Å²) in [6, 6.07) is 6.82. The van der Waals surface area contributed by atoms with E-state index in [1.165, 1.54) is 6.07 Å². The molecule has 0 aliphatic carbocycles. The van der Waals surface area contributed by atoms with E-state index in [4.69, 9.17) is 5.73 Å². The monoisotopic (exact) mass is 318 g/mol. The van der Waals surface area contributed by atoms with E-state index >= 15 is 0 Å². The van der Waals surface area contributed by atoms with E-state index < -0.39 is 0 Å². The lowest BCUT2D eigenvalue weighted by Crippen LogP contribution is -2.31. The number of amides is 1. The van der Waals surface area contributed by atoms with Gasteiger partial charge in [0.25, 0.3) is 5.91 Å². The Morgan fingerprint density at radius 2 is 2.30 bits per heavy atom. The molecule has 3 rings (SSSR count). The molecule has 0 bridgehead atoms. The summed E-state index contributed by atoms with van der Waals surface area (Å²) in [4.78, 5) is 17.8. The number of halogens is 1. The van der Waals surface area contributed by atoms with Crippen molar-refractivity contribution >= 4 is 11.9 Å². The molecule has 4 N–H and O–H groups in total. The van der Waals surface area contributed by atoms with Gasteiger partial charge in [-0.25, -0.2) is 4.39 Å². The molecule has 8 heteroatoms. The SMILES string of the molecule is Nc1n[nH]c(C(=O)NC[C@H]2CCN(Cc3ccccc3F)C2)n1. The fourth-order valence-electron chi connectivity index (χ4n) is 2.79. The van der Waals surface area contributed by atoms with Gasteiger partial charge >= 0.3 is 0 Å². The van der Waals surface area contributed by atoms with Crippen molar-refractivity contribution in [2.75, 3.05) is 25.4 Å². The summed E-state index contributed by atoms with van der Waals surface area (Å²) in [5.74, 6) is 0.00990. The van der Waals surface area contributed by atoms with Crippen molar-refractivity contribution in [1.82, 2.24) is 25.4 Å². The number of aromatic amines is 1. The number of nitrogens with one attached hydrogen (secondary N) is 2. The lowest BCUT2D eigenvalue weighted by atomic mass is 10.1. The van der Waals surface area contributed by atoms with Gasteiger partial charge in [-0.1, -0.05) is 18.2 Å². The summed E-state index contributed by atoms with van der Waals surface area (Å²) in [5.41, 5.74) is 6.07. The molecule has 1 fully saturated rings. The topological polar surface area (TPSA) is 99.9 Å². The first-order chi connectivity index (χ1) is 11.1. The molecule has 1 aromatic carbocycles. The first kappa shape index (κ1) is 15.4. The maximum atomic E-state index is 13.7. The van der Waals surface area contributed by atoms with Crippen LogP contribution in [-0.4, -0.2) is 45.6 Å². The molecule has 1 amide bonds. The highest BCUT2D eigenvalue weighted by molar-refractivity contribution is 5.90. The Morgan fingerprint density at radius 3 is 3.04 bits per heavy atom. The van der Waals surface area contributed by atoms with Gasteiger partial charge in [-0.15, -0.1) is 5.10 Å². The summed E-state index contributed by atoms with van der Waals surface area (Å²) < 4.78 is 13.7. The number of anilines is 1. The highest BCUT2D eigenvalue weighted by Crippen LogP contribution is 2.19. The molecular weight excluding hydrogens is 299 g/mol. The second-order valence-electron chi connectivity index (χ2n) is 5.73. The molecule has 2 heterocycles. The van der Waals surface area contributed by atoms with Gasteiger partial charge in [-0.05, 0) is 24.9 Å². The zero-order valence-corrected chi connectivity index (χ0v) is 12.6. The molecule has 1 aliphatic heterocycles. The van der Waals surface area contributed by atoms with Crippen molar-refractivity contribution in [2.24, 2.45) is 5.92 Å². The summed E-state index contributed by atoms with van der Waals surface area (Å²) in [5, 5.41) is 8.92. The van der Waals surface area contributed by atoms with Crippen molar-refractivity contribution in [3.63, 3.8) is 0 Å². The zero-order chi connectivity index (χ0) is 16.2. The maximum absolute atomic E-state index is 13.7. The van der Waals surface area contributed by atoms with E-state index in [2.05, 4.69) is 25.4 Å². The third kappa shape index (κ3) is 3.84. The van der Waals surface area contributed by atoms with Gasteiger partial charge in [0.1, 0.15) is 5.82 Å². The molecule has 0 unspecified atom stereocenters. The number of nitrogen functional groups attached to an aromatic ring is 1. The lowest BCUT2D eigenvalue weighted by molar-refractivity contribution is 0.0937. The van der Waals surface area contributed by atoms with Crippen LogP contribution in [0.3, 0.4) is 0 Å². The number of aromatic nitrogens is 3. The predicted octanol–water partition coefficient (Wildman–Crippen LogP) is 0.778. The number of carbonyl (C=O) groups excluding carboxylic acids is 1. The summed E-state index contributed by atoms with van der Waals surface area (Å²) >= 11 is 0. The average molecular weight is 318 g/mol. The molecule has 1 atom stereocenters. The molecule has 0 saturated carbocycles. The fourth-order valence-corrected chi connectivity index (χ4v) is 2.79. The molecule has 7 nitrogen and oxygen atoms in total. The van der Waals surface area contributed by atoms with E-state index in [9.17, 15) is 9.18 Å². The van der Waals surface area contributed by atoms with Crippen LogP contribution in [0, 0.1) is 11.7 Å². The Balaban J connectivity index is 1.47. The van der Waals surface area contributed by atoms with E-state index in [0.29, 0.717) is 24.6 Å². The third-order valence-corrected chi connectivity index (χ3v) is 3.99. The molecule has 0 radical (unpaired) electrons. The van der Waals surface area contributed by atoms with Crippen LogP contribution in [0.5, 0.6) is 0 Å². The first-order valence-electron chi connectivity index (χ1n) is 7.53. The summed E-state index contributed by atoms with van der Waals surface area (Å²) in [6.07, 6.45) is 0.966. The number of hydrogen-bond acceptors (Lipinski definition) is 5. The minimum Gasteiger partial charge on any atom is -0.366 e. The number of hydrogen-bond donors (Lipinski definition) is 3. The fraction of sp³-hybridized carbons (Fsp3) is 0.400. The van der Waals surface area contributed by atoms with Crippen molar-refractivity contribution in [3.05, 3.63) is 41.5 Å². The van der Waals surface area contributed by atoms with Crippen LogP contribution in [-0.2, 0) is 6.54 Å². The Labute approximate surface area is 133 Å². The second-order valence-corrected chi connectivity index (χ2v) is 5.73. The Bertz CT molecular complexity index is 688. The highest BCUT2D eigenvalue weighted by Gasteiger charge is 2.24. The standard InChI is InChI=1S/C15H19FN6O/c16-12-4-2-1-3-11(12)9-22-6-5-10(8-22)7-18-14(23)13-19-15(17)21-20-13/h1-4,10H,5-9H2,(H,18,23)(H3,17,19,20,21)/t10-/m1/s1. The van der Waals surface area contributed by atoms with Crippen molar-refractivity contribution in [3.8, 4) is 0 Å². The quantitative estimate of drug-likeness (QED) is 0.756. The number of nitrogens with zero attached hydrogens (tertiary/aromatic N) is 3. The maximum Gasteiger partial charge on any atom is 0.288 e. The third-order valence-electron chi connectivity index (χ3n) is 3.99. The number of benzene rings is 1. The van der Waals surface area contributed by atoms with Gasteiger partial charge in [0, 0.05) is 25.2 Å². The van der Waals surface area contributed by atoms with Crippen LogP contribution in [0.4, 0.5) is 10.3 Å². The highest BCUT2D eigenvalue weighted by atomic mass is 19.1. The van der Waals surface area contributed by atoms with Gasteiger partial charge in [-0.3, -0.25) is 14.8 Å². The zero-order valence-electron chi connectivity index (χ0n) is 12.6. The molecule has 122 valence electrons. The molecular formula is C15H19FN6O. The van der Waals surface area contributed by atoms with Gasteiger partial charge < -0.3 is 11.1 Å². The van der Waals surface area contributed by atoms with Crippen molar-refractivity contribution in [2.45, 2.75) is 13.0 Å². The Morgan fingerprint density at radius 1 is 1.48 bits per heavy atom. The summed E-state index contributed by atoms with van der Waals surface area (Å²) in [7, 11) is 0. The van der Waals surface area contributed by atoms with Crippen LogP contribution < -0.4 is 11.1 Å². The molecule has 23 heavy (non-hydrogen) atoms. The Kier molecular flexibility index (Phi) is 4.52. The van der Waals surface area contributed by atoms with Gasteiger partial charge in [-0.2, -0.15) is 4.98 Å². The van der Waals surface area contributed by atoms with Crippen LogP contribution in [0.15, 0.2) is 24.3 Å². The minimum absolute atomic E-state index is 0.0482. The molecule has 1 aliphatic rings. The number of rotatable bonds is 5. The first-order valence-corrected chi connectivity index (χ1v) is 7.53. The van der Waals surface area contributed by atoms with E-state index in [0.717, 1.165) is 19.5 Å². The van der Waals surface area contributed by atoms with E-state index in [1.807, 2.05) is 6.07 Å². The van der Waals surface area contributed by atoms with Gasteiger partial charge in [0.2, 0.25) is 11.8 Å². The van der Waals surface area contributed by atoms with Crippen LogP contribution >= 0.6 is 0 Å². The number of H-pyrrole nitrogens is 1. The van der Waals surface area contributed by atoms with Crippen molar-refractivity contribution < 1.29 is 9.18 Å². The molecule has 2 aromatic rings. The summed E-state index contributed by atoms with van der Waals surface area (Å²) in [6.45, 7) is 2.86. The number of likely N-dealkylation sites (tertiary alicyclic amines) is 1. The average Bonchev–Trinajstić information content (AvgIpc) is 3.16. The number of carbonyl (C=O) groups is 1. The van der Waals surface area contributed by atoms with Crippen LogP contribution in [0.25, 0.3) is 0 Å². The minimum atomic E-state index is -0.318. The van der Waals surface area contributed by atoms with Gasteiger partial charge in [0.05, 0.1) is 0 Å². The smallest absolute Gasteiger partial charge is 0.288 e. The molecule has 0 spiro atoms. The van der Waals surface area contributed by atoms with E-state index in [1.54, 1.807) is 12.1 Å². The molecule has 1 saturated heterocycles. The van der Waals surface area contributed by atoms with Crippen LogP contribution in [0.1, 0.15) is 22.6 Å². The van der Waals surface area contributed by atoms with Gasteiger partial charge in [0.15, 0.2) is 0 Å². The van der Waals surface area contributed by atoms with Crippen molar-refractivity contribution in [1.29, 1.82) is 0 Å². The normalized spacial score (nSPS) is 18.2. The lowest BCUT2D eigenvalue weighted by Gasteiger charge is -2.16. The largest absolute Gasteiger partial charge is 0.366 e.